The maximum Gasteiger partial charge on any atom is 0.209 e. The predicted molar refractivity (Wildman–Crippen MR) is 107 cm³/mol. The molecule has 1 heterocycles. The number of carbonyl (C=O) groups excluding carboxylic acids is 2. The minimum absolute atomic E-state index is 0.0153. The molecule has 3 heteroatoms. The average molecular weight is 353 g/mol. The topological polar surface area (TPSA) is 39.1 Å². The Labute approximate surface area is 157 Å². The van der Waals surface area contributed by atoms with E-state index in [-0.39, 0.29) is 18.1 Å². The van der Waals surface area contributed by atoms with E-state index >= 15 is 0 Å². The summed E-state index contributed by atoms with van der Waals surface area (Å²) in [5.74, 6) is -0.0800. The molecule has 0 saturated carbocycles. The minimum atomic E-state index is -0.0647. The monoisotopic (exact) mass is 353 g/mol. The number of para-hydroxylation sites is 1. The molecule has 0 aliphatic heterocycles. The van der Waals surface area contributed by atoms with E-state index in [4.69, 9.17) is 0 Å². The van der Waals surface area contributed by atoms with Gasteiger partial charge in [-0.1, -0.05) is 78.9 Å². The largest absolute Gasteiger partial charge is 0.330 e. The van der Waals surface area contributed by atoms with Crippen molar-refractivity contribution in [2.24, 2.45) is 0 Å². The Kier molecular flexibility index (Phi) is 4.43. The Hall–Kier alpha value is -3.46. The van der Waals surface area contributed by atoms with Gasteiger partial charge in [0.25, 0.3) is 0 Å². The van der Waals surface area contributed by atoms with Gasteiger partial charge in [0.05, 0.1) is 12.2 Å². The van der Waals surface area contributed by atoms with Gasteiger partial charge in [0, 0.05) is 22.0 Å². The standard InChI is InChI=1S/C24H19NO2/c1-17-20-14-8-9-15-21(20)25(16-22(26)18-10-4-2-5-11-18)23(17)24(27)19-12-6-3-7-13-19/h2-15H,16H2,1H3. The van der Waals surface area contributed by atoms with Crippen LogP contribution < -0.4 is 0 Å². The SMILES string of the molecule is Cc1c(C(=O)c2ccccc2)n(CC(=O)c2ccccc2)c2ccccc12. The van der Waals surface area contributed by atoms with E-state index in [1.807, 2.05) is 84.3 Å². The molecule has 1 aromatic heterocycles. The Bertz CT molecular complexity index is 1130. The van der Waals surface area contributed by atoms with Crippen molar-refractivity contribution in [3.63, 3.8) is 0 Å². The fourth-order valence-corrected chi connectivity index (χ4v) is 3.52. The molecule has 0 bridgehead atoms. The predicted octanol–water partition coefficient (Wildman–Crippen LogP) is 5.06. The molecule has 3 nitrogen and oxygen atoms in total. The van der Waals surface area contributed by atoms with Gasteiger partial charge in [-0.05, 0) is 18.6 Å². The number of hydrogen-bond donors (Lipinski definition) is 0. The van der Waals surface area contributed by atoms with Crippen molar-refractivity contribution in [1.29, 1.82) is 0 Å². The Balaban J connectivity index is 1.86. The molecular weight excluding hydrogens is 334 g/mol. The van der Waals surface area contributed by atoms with Crippen LogP contribution in [0.3, 0.4) is 0 Å². The second-order valence-electron chi connectivity index (χ2n) is 6.56. The third kappa shape index (κ3) is 3.08. The van der Waals surface area contributed by atoms with Crippen LogP contribution in [0.5, 0.6) is 0 Å². The number of nitrogens with zero attached hydrogens (tertiary/aromatic N) is 1. The highest BCUT2D eigenvalue weighted by atomic mass is 16.1. The van der Waals surface area contributed by atoms with E-state index in [1.54, 1.807) is 12.1 Å². The summed E-state index contributed by atoms with van der Waals surface area (Å²) in [5, 5.41) is 0.998. The Morgan fingerprint density at radius 3 is 1.96 bits per heavy atom. The van der Waals surface area contributed by atoms with Crippen molar-refractivity contribution >= 4 is 22.5 Å². The average Bonchev–Trinajstić information content (AvgIpc) is 3.01. The molecule has 0 unspecified atom stereocenters. The molecule has 4 rings (SSSR count). The summed E-state index contributed by atoms with van der Waals surface area (Å²) < 4.78 is 1.86. The highest BCUT2D eigenvalue weighted by Crippen LogP contribution is 2.28. The quantitative estimate of drug-likeness (QED) is 0.470. The Morgan fingerprint density at radius 1 is 0.741 bits per heavy atom. The number of hydrogen-bond acceptors (Lipinski definition) is 2. The van der Waals surface area contributed by atoms with E-state index in [2.05, 4.69) is 0 Å². The molecule has 0 spiro atoms. The number of ketones is 2. The highest BCUT2D eigenvalue weighted by Gasteiger charge is 2.22. The van der Waals surface area contributed by atoms with Gasteiger partial charge < -0.3 is 4.57 Å². The van der Waals surface area contributed by atoms with Crippen molar-refractivity contribution in [3.8, 4) is 0 Å². The lowest BCUT2D eigenvalue weighted by Crippen LogP contribution is -2.17. The molecule has 0 radical (unpaired) electrons. The number of carbonyl (C=O) groups is 2. The van der Waals surface area contributed by atoms with Crippen LogP contribution in [0.25, 0.3) is 10.9 Å². The molecule has 0 fully saturated rings. The third-order valence-corrected chi connectivity index (χ3v) is 4.87. The van der Waals surface area contributed by atoms with Gasteiger partial charge in [-0.15, -0.1) is 0 Å². The second kappa shape index (κ2) is 7.04. The van der Waals surface area contributed by atoms with E-state index in [0.29, 0.717) is 16.8 Å². The molecule has 132 valence electrons. The van der Waals surface area contributed by atoms with Crippen molar-refractivity contribution in [1.82, 2.24) is 4.57 Å². The molecule has 0 aliphatic carbocycles. The maximum atomic E-state index is 13.2. The number of rotatable bonds is 5. The fourth-order valence-electron chi connectivity index (χ4n) is 3.52. The molecule has 0 atom stereocenters. The lowest BCUT2D eigenvalue weighted by Gasteiger charge is -2.11. The van der Waals surface area contributed by atoms with Crippen LogP contribution in [0.1, 0.15) is 32.0 Å². The summed E-state index contributed by atoms with van der Waals surface area (Å²) in [4.78, 5) is 26.1. The number of aryl methyl sites for hydroxylation is 1. The summed E-state index contributed by atoms with van der Waals surface area (Å²) in [6.07, 6.45) is 0. The lowest BCUT2D eigenvalue weighted by atomic mass is 10.0. The highest BCUT2D eigenvalue weighted by molar-refractivity contribution is 6.12. The molecule has 3 aromatic carbocycles. The summed E-state index contributed by atoms with van der Waals surface area (Å²) in [5.41, 5.74) is 3.65. The summed E-state index contributed by atoms with van der Waals surface area (Å²) in [7, 11) is 0. The summed E-state index contributed by atoms with van der Waals surface area (Å²) >= 11 is 0. The van der Waals surface area contributed by atoms with E-state index in [0.717, 1.165) is 16.5 Å². The van der Waals surface area contributed by atoms with Gasteiger partial charge in [0.15, 0.2) is 5.78 Å². The molecule has 27 heavy (non-hydrogen) atoms. The summed E-state index contributed by atoms with van der Waals surface area (Å²) in [6, 6.07) is 26.2. The van der Waals surface area contributed by atoms with E-state index in [9.17, 15) is 9.59 Å². The van der Waals surface area contributed by atoms with Gasteiger partial charge >= 0.3 is 0 Å². The fraction of sp³-hybridized carbons (Fsp3) is 0.0833. The number of fused-ring (bicyclic) bond motifs is 1. The summed E-state index contributed by atoms with van der Waals surface area (Å²) in [6.45, 7) is 2.08. The first-order chi connectivity index (χ1) is 13.2. The molecule has 0 amide bonds. The van der Waals surface area contributed by atoms with Crippen LogP contribution in [-0.2, 0) is 6.54 Å². The molecular formula is C24H19NO2. The van der Waals surface area contributed by atoms with Crippen molar-refractivity contribution in [2.75, 3.05) is 0 Å². The zero-order valence-electron chi connectivity index (χ0n) is 15.1. The number of aromatic nitrogens is 1. The van der Waals surface area contributed by atoms with Gasteiger partial charge in [0.2, 0.25) is 5.78 Å². The van der Waals surface area contributed by atoms with E-state index in [1.165, 1.54) is 0 Å². The van der Waals surface area contributed by atoms with Crippen LogP contribution in [0, 0.1) is 6.92 Å². The van der Waals surface area contributed by atoms with Crippen LogP contribution >= 0.6 is 0 Å². The van der Waals surface area contributed by atoms with Gasteiger partial charge in [-0.2, -0.15) is 0 Å². The zero-order chi connectivity index (χ0) is 18.8. The molecule has 0 saturated heterocycles. The van der Waals surface area contributed by atoms with Crippen LogP contribution in [-0.4, -0.2) is 16.1 Å². The molecule has 4 aromatic rings. The third-order valence-electron chi connectivity index (χ3n) is 4.87. The molecule has 0 N–H and O–H groups in total. The molecule has 0 aliphatic rings. The normalized spacial score (nSPS) is 10.9. The van der Waals surface area contributed by atoms with Crippen molar-refractivity contribution in [3.05, 3.63) is 107 Å². The first kappa shape index (κ1) is 17.0. The Morgan fingerprint density at radius 2 is 1.30 bits per heavy atom. The minimum Gasteiger partial charge on any atom is -0.330 e. The maximum absolute atomic E-state index is 13.2. The van der Waals surface area contributed by atoms with Crippen molar-refractivity contribution in [2.45, 2.75) is 13.5 Å². The van der Waals surface area contributed by atoms with Gasteiger partial charge in [-0.3, -0.25) is 9.59 Å². The first-order valence-corrected chi connectivity index (χ1v) is 8.92. The number of Topliss-reactive ketones (excluding diaryl/α,β-unsaturated/α-hetero) is 1. The van der Waals surface area contributed by atoms with Crippen LogP contribution in [0.4, 0.5) is 0 Å². The lowest BCUT2D eigenvalue weighted by molar-refractivity contribution is 0.0969. The number of benzene rings is 3. The van der Waals surface area contributed by atoms with Crippen LogP contribution in [0.15, 0.2) is 84.9 Å². The van der Waals surface area contributed by atoms with Crippen molar-refractivity contribution < 1.29 is 9.59 Å². The van der Waals surface area contributed by atoms with Gasteiger partial charge in [-0.25, -0.2) is 0 Å². The van der Waals surface area contributed by atoms with Gasteiger partial charge in [0.1, 0.15) is 0 Å². The van der Waals surface area contributed by atoms with Crippen LogP contribution in [0.2, 0.25) is 0 Å². The zero-order valence-corrected chi connectivity index (χ0v) is 15.1. The first-order valence-electron chi connectivity index (χ1n) is 8.92. The van der Waals surface area contributed by atoms with E-state index < -0.39 is 0 Å². The smallest absolute Gasteiger partial charge is 0.209 e. The second-order valence-corrected chi connectivity index (χ2v) is 6.56.